The van der Waals surface area contributed by atoms with Crippen molar-refractivity contribution in [2.24, 2.45) is 5.92 Å². The van der Waals surface area contributed by atoms with Crippen molar-refractivity contribution < 1.29 is 27.5 Å². The maximum Gasteiger partial charge on any atom is 0.392 e. The summed E-state index contributed by atoms with van der Waals surface area (Å²) in [4.78, 5) is 32.4. The van der Waals surface area contributed by atoms with E-state index >= 15 is 0 Å². The topological polar surface area (TPSA) is 81.2 Å². The molecule has 0 aromatic carbocycles. The van der Waals surface area contributed by atoms with Crippen LogP contribution in [0.25, 0.3) is 0 Å². The number of hydrogen-bond donors (Lipinski definition) is 1. The molecule has 0 saturated heterocycles. The largest absolute Gasteiger partial charge is 0.477 e. The predicted molar refractivity (Wildman–Crippen MR) is 104 cm³/mol. The van der Waals surface area contributed by atoms with Crippen molar-refractivity contribution in [2.75, 3.05) is 6.61 Å². The van der Waals surface area contributed by atoms with Gasteiger partial charge in [0.05, 0.1) is 24.6 Å². The van der Waals surface area contributed by atoms with E-state index in [-0.39, 0.29) is 35.6 Å². The Labute approximate surface area is 172 Å². The van der Waals surface area contributed by atoms with E-state index in [4.69, 9.17) is 4.74 Å². The first-order chi connectivity index (χ1) is 14.0. The van der Waals surface area contributed by atoms with Gasteiger partial charge < -0.3 is 10.1 Å². The van der Waals surface area contributed by atoms with E-state index in [0.717, 1.165) is 5.56 Å². The highest BCUT2D eigenvalue weighted by molar-refractivity contribution is 5.94. The van der Waals surface area contributed by atoms with Gasteiger partial charge in [-0.25, -0.2) is 4.98 Å². The number of nitrogens with one attached hydrogen (secondary N) is 1. The molecule has 2 rings (SSSR count). The van der Waals surface area contributed by atoms with Crippen LogP contribution in [-0.2, 0) is 11.2 Å². The molecule has 1 N–H and O–H groups in total. The van der Waals surface area contributed by atoms with Gasteiger partial charge in [-0.1, -0.05) is 13.8 Å². The Morgan fingerprint density at radius 3 is 2.47 bits per heavy atom. The number of amides is 1. The van der Waals surface area contributed by atoms with E-state index in [0.29, 0.717) is 5.69 Å². The highest BCUT2D eigenvalue weighted by Crippen LogP contribution is 2.20. The third-order valence-corrected chi connectivity index (χ3v) is 4.32. The number of nitrogens with zero attached hydrogens (tertiary/aromatic N) is 2. The molecular weight excluding hydrogens is 399 g/mol. The molecule has 0 radical (unpaired) electrons. The third kappa shape index (κ3) is 7.46. The second kappa shape index (κ2) is 10.2. The average molecular weight is 423 g/mol. The molecule has 30 heavy (non-hydrogen) atoms. The van der Waals surface area contributed by atoms with Gasteiger partial charge in [-0.2, -0.15) is 13.2 Å². The lowest BCUT2D eigenvalue weighted by Crippen LogP contribution is -2.27. The average Bonchev–Trinajstić information content (AvgIpc) is 2.67. The summed E-state index contributed by atoms with van der Waals surface area (Å²) < 4.78 is 41.3. The molecule has 9 heteroatoms. The van der Waals surface area contributed by atoms with Gasteiger partial charge >= 0.3 is 6.18 Å². The highest BCUT2D eigenvalue weighted by atomic mass is 19.4. The standard InChI is InChI=1S/C21H24F3N3O3/c1-13(2)18(28)11-17-10-15(6-8-25-17)14(3)27-20(29)16-4-5-19(26-12-16)30-9-7-21(22,23)24/h4-6,8,10,12-14H,7,9,11H2,1-3H3,(H,27,29). The van der Waals surface area contributed by atoms with E-state index in [2.05, 4.69) is 15.3 Å². The lowest BCUT2D eigenvalue weighted by Gasteiger charge is -2.15. The number of Topliss-reactive ketones (excluding diaryl/α,β-unsaturated/α-hetero) is 1. The fourth-order valence-electron chi connectivity index (χ4n) is 2.48. The quantitative estimate of drug-likeness (QED) is 0.658. The van der Waals surface area contributed by atoms with Gasteiger partial charge in [-0.15, -0.1) is 0 Å². The Hall–Kier alpha value is -2.97. The van der Waals surface area contributed by atoms with Crippen molar-refractivity contribution in [2.45, 2.75) is 45.8 Å². The number of ether oxygens (including phenoxy) is 1. The van der Waals surface area contributed by atoms with Gasteiger partial charge in [-0.05, 0) is 30.7 Å². The second-order valence-electron chi connectivity index (χ2n) is 7.17. The van der Waals surface area contributed by atoms with Gasteiger partial charge in [0.2, 0.25) is 5.88 Å². The van der Waals surface area contributed by atoms with Crippen LogP contribution in [0.3, 0.4) is 0 Å². The summed E-state index contributed by atoms with van der Waals surface area (Å²) in [6.45, 7) is 4.91. The molecule has 0 bridgehead atoms. The summed E-state index contributed by atoms with van der Waals surface area (Å²) in [5.41, 5.74) is 1.67. The number of halogens is 3. The number of ketones is 1. The summed E-state index contributed by atoms with van der Waals surface area (Å²) in [5.74, 6) is -0.383. The summed E-state index contributed by atoms with van der Waals surface area (Å²) in [6.07, 6.45) is -2.32. The van der Waals surface area contributed by atoms with Gasteiger partial charge in [0.25, 0.3) is 5.91 Å². The van der Waals surface area contributed by atoms with Crippen molar-refractivity contribution in [3.8, 4) is 5.88 Å². The molecule has 6 nitrogen and oxygen atoms in total. The fraction of sp³-hybridized carbons (Fsp3) is 0.429. The molecule has 0 saturated carbocycles. The van der Waals surface area contributed by atoms with Crippen LogP contribution in [0.2, 0.25) is 0 Å². The Morgan fingerprint density at radius 2 is 1.87 bits per heavy atom. The van der Waals surface area contributed by atoms with Crippen LogP contribution < -0.4 is 10.1 Å². The van der Waals surface area contributed by atoms with Crippen LogP contribution >= 0.6 is 0 Å². The zero-order chi connectivity index (χ0) is 22.3. The molecule has 0 aliphatic carbocycles. The second-order valence-corrected chi connectivity index (χ2v) is 7.17. The Morgan fingerprint density at radius 1 is 1.13 bits per heavy atom. The van der Waals surface area contributed by atoms with Crippen molar-refractivity contribution in [1.29, 1.82) is 0 Å². The van der Waals surface area contributed by atoms with Crippen molar-refractivity contribution in [3.05, 3.63) is 53.5 Å². The van der Waals surface area contributed by atoms with Gasteiger partial charge in [0.1, 0.15) is 5.78 Å². The van der Waals surface area contributed by atoms with E-state index in [9.17, 15) is 22.8 Å². The molecule has 2 aromatic heterocycles. The molecule has 0 aliphatic rings. The van der Waals surface area contributed by atoms with Crippen LogP contribution in [0, 0.1) is 5.92 Å². The lowest BCUT2D eigenvalue weighted by molar-refractivity contribution is -0.139. The zero-order valence-corrected chi connectivity index (χ0v) is 17.0. The number of carbonyl (C=O) groups excluding carboxylic acids is 2. The first kappa shape index (κ1) is 23.3. The Kier molecular flexibility index (Phi) is 7.91. The number of carbonyl (C=O) groups is 2. The zero-order valence-electron chi connectivity index (χ0n) is 17.0. The number of pyridine rings is 2. The molecule has 0 aliphatic heterocycles. The summed E-state index contributed by atoms with van der Waals surface area (Å²) >= 11 is 0. The number of alkyl halides is 3. The normalized spacial score (nSPS) is 12.5. The van der Waals surface area contributed by atoms with Gasteiger partial charge in [0.15, 0.2) is 0 Å². The minimum atomic E-state index is -4.30. The monoisotopic (exact) mass is 423 g/mol. The molecule has 1 unspecified atom stereocenters. The third-order valence-electron chi connectivity index (χ3n) is 4.32. The van der Waals surface area contributed by atoms with Gasteiger partial charge in [0, 0.05) is 36.5 Å². The van der Waals surface area contributed by atoms with Crippen molar-refractivity contribution in [3.63, 3.8) is 0 Å². The van der Waals surface area contributed by atoms with Crippen LogP contribution in [0.15, 0.2) is 36.7 Å². The Balaban J connectivity index is 1.94. The number of aromatic nitrogens is 2. The van der Waals surface area contributed by atoms with Crippen LogP contribution in [0.4, 0.5) is 13.2 Å². The van der Waals surface area contributed by atoms with E-state index in [1.165, 1.54) is 18.3 Å². The summed E-state index contributed by atoms with van der Waals surface area (Å²) in [6, 6.07) is 5.96. The smallest absolute Gasteiger partial charge is 0.392 e. The molecule has 0 spiro atoms. The molecule has 2 aromatic rings. The predicted octanol–water partition coefficient (Wildman–Crippen LogP) is 4.07. The minimum Gasteiger partial charge on any atom is -0.477 e. The molecule has 162 valence electrons. The molecule has 1 atom stereocenters. The SMILES string of the molecule is CC(C)C(=O)Cc1cc(C(C)NC(=O)c2ccc(OCCC(F)(F)F)nc2)ccn1. The highest BCUT2D eigenvalue weighted by Gasteiger charge is 2.27. The summed E-state index contributed by atoms with van der Waals surface area (Å²) in [5, 5.41) is 2.82. The van der Waals surface area contributed by atoms with Crippen LogP contribution in [0.5, 0.6) is 5.88 Å². The maximum absolute atomic E-state index is 12.4. The van der Waals surface area contributed by atoms with Gasteiger partial charge in [-0.3, -0.25) is 14.6 Å². The molecule has 1 amide bonds. The van der Waals surface area contributed by atoms with E-state index < -0.39 is 25.1 Å². The van der Waals surface area contributed by atoms with Crippen LogP contribution in [-0.4, -0.2) is 34.4 Å². The Bertz CT molecular complexity index is 868. The number of hydrogen-bond acceptors (Lipinski definition) is 5. The lowest BCUT2D eigenvalue weighted by atomic mass is 10.0. The summed E-state index contributed by atoms with van der Waals surface area (Å²) in [7, 11) is 0. The minimum absolute atomic E-state index is 0.0115. The number of rotatable bonds is 9. The molecule has 2 heterocycles. The van der Waals surface area contributed by atoms with E-state index in [1.54, 1.807) is 25.3 Å². The van der Waals surface area contributed by atoms with E-state index in [1.807, 2.05) is 13.8 Å². The van der Waals surface area contributed by atoms with Crippen molar-refractivity contribution in [1.82, 2.24) is 15.3 Å². The molecular formula is C21H24F3N3O3. The van der Waals surface area contributed by atoms with Crippen LogP contribution in [0.1, 0.15) is 54.8 Å². The first-order valence-electron chi connectivity index (χ1n) is 9.49. The molecule has 0 fully saturated rings. The van der Waals surface area contributed by atoms with Crippen molar-refractivity contribution >= 4 is 11.7 Å². The maximum atomic E-state index is 12.4. The fourth-order valence-corrected chi connectivity index (χ4v) is 2.48. The first-order valence-corrected chi connectivity index (χ1v) is 9.49.